The number of carbonyl (C=O) groups excluding carboxylic acids is 2. The third-order valence-corrected chi connectivity index (χ3v) is 6.43. The lowest BCUT2D eigenvalue weighted by atomic mass is 9.94. The van der Waals surface area contributed by atoms with Crippen LogP contribution in [0.1, 0.15) is 35.0 Å². The first kappa shape index (κ1) is 23.1. The molecule has 1 aromatic carbocycles. The lowest BCUT2D eigenvalue weighted by Gasteiger charge is -2.29. The molecule has 3 heterocycles. The number of likely N-dealkylation sites (tertiary alicyclic amines) is 1. The van der Waals surface area contributed by atoms with Crippen LogP contribution in [-0.2, 0) is 21.4 Å². The summed E-state index contributed by atoms with van der Waals surface area (Å²) >= 11 is 0. The molecule has 2 aliphatic heterocycles. The van der Waals surface area contributed by atoms with Gasteiger partial charge in [0, 0.05) is 38.9 Å². The lowest BCUT2D eigenvalue weighted by molar-refractivity contribution is -0.140. The number of hydrogen-bond acceptors (Lipinski definition) is 6. The van der Waals surface area contributed by atoms with Gasteiger partial charge in [-0.05, 0) is 38.0 Å². The average Bonchev–Trinajstić information content (AvgIpc) is 3.20. The number of nitrogens with zero attached hydrogens (tertiary/aromatic N) is 4. The Kier molecular flexibility index (Phi) is 6.62. The van der Waals surface area contributed by atoms with Crippen molar-refractivity contribution in [3.8, 4) is 0 Å². The number of ketones is 1. The van der Waals surface area contributed by atoms with Crippen molar-refractivity contribution in [1.82, 2.24) is 19.6 Å². The standard InChI is InChI=1S/C24H29FN4O4/c1-15-19(16(2)27(3)26-15)22(30)20-21(17-6-4-7-18(25)14-17)29(24(32)23(20)31)9-5-8-28-10-12-33-13-11-28/h4,6-7,14,21,30H,5,8-13H2,1-3H3/b22-20+/t21-/m1/s1. The summed E-state index contributed by atoms with van der Waals surface area (Å²) in [5, 5.41) is 15.6. The monoisotopic (exact) mass is 456 g/mol. The van der Waals surface area contributed by atoms with Crippen molar-refractivity contribution in [2.45, 2.75) is 26.3 Å². The smallest absolute Gasteiger partial charge is 0.295 e. The Labute approximate surface area is 192 Å². The van der Waals surface area contributed by atoms with Gasteiger partial charge in [-0.3, -0.25) is 19.2 Å². The van der Waals surface area contributed by atoms with E-state index in [-0.39, 0.29) is 11.3 Å². The van der Waals surface area contributed by atoms with Gasteiger partial charge in [0.15, 0.2) is 0 Å². The number of aliphatic hydroxyl groups is 1. The normalized spacial score (nSPS) is 21.2. The topological polar surface area (TPSA) is 87.9 Å². The van der Waals surface area contributed by atoms with E-state index >= 15 is 0 Å². The summed E-state index contributed by atoms with van der Waals surface area (Å²) in [4.78, 5) is 29.9. The van der Waals surface area contributed by atoms with E-state index in [0.717, 1.165) is 19.6 Å². The molecule has 4 rings (SSSR count). The number of rotatable bonds is 6. The number of aromatic nitrogens is 2. The van der Waals surface area contributed by atoms with Gasteiger partial charge >= 0.3 is 0 Å². The van der Waals surface area contributed by atoms with Gasteiger partial charge in [-0.15, -0.1) is 0 Å². The van der Waals surface area contributed by atoms with Crippen molar-refractivity contribution in [2.75, 3.05) is 39.4 Å². The molecule has 2 aromatic rings. The predicted octanol–water partition coefficient (Wildman–Crippen LogP) is 2.32. The van der Waals surface area contributed by atoms with Crippen LogP contribution < -0.4 is 0 Å². The van der Waals surface area contributed by atoms with Crippen LogP contribution in [0.5, 0.6) is 0 Å². The Balaban J connectivity index is 1.72. The van der Waals surface area contributed by atoms with Crippen LogP contribution in [0.2, 0.25) is 0 Å². The summed E-state index contributed by atoms with van der Waals surface area (Å²) in [5.74, 6) is -2.20. The number of amides is 1. The highest BCUT2D eigenvalue weighted by Crippen LogP contribution is 2.40. The highest BCUT2D eigenvalue weighted by Gasteiger charge is 2.46. The number of Topliss-reactive ketones (excluding diaryl/α,β-unsaturated/α-hetero) is 1. The molecule has 0 bridgehead atoms. The van der Waals surface area contributed by atoms with Gasteiger partial charge in [-0.2, -0.15) is 5.10 Å². The van der Waals surface area contributed by atoms with Gasteiger partial charge in [0.05, 0.1) is 36.1 Å². The van der Waals surface area contributed by atoms with Crippen molar-refractivity contribution in [3.05, 3.63) is 58.2 Å². The van der Waals surface area contributed by atoms with Gasteiger partial charge in [-0.1, -0.05) is 12.1 Å². The Morgan fingerprint density at radius 1 is 1.21 bits per heavy atom. The number of carbonyl (C=O) groups is 2. The van der Waals surface area contributed by atoms with E-state index in [1.54, 1.807) is 37.7 Å². The second-order valence-corrected chi connectivity index (χ2v) is 8.52. The zero-order valence-corrected chi connectivity index (χ0v) is 19.2. The van der Waals surface area contributed by atoms with E-state index in [2.05, 4.69) is 10.00 Å². The molecule has 0 unspecified atom stereocenters. The second kappa shape index (κ2) is 9.44. The number of hydrogen-bond donors (Lipinski definition) is 1. The third-order valence-electron chi connectivity index (χ3n) is 6.43. The molecular formula is C24H29FN4O4. The molecule has 0 saturated carbocycles. The maximum atomic E-state index is 14.1. The molecule has 9 heteroatoms. The maximum absolute atomic E-state index is 14.1. The van der Waals surface area contributed by atoms with E-state index in [0.29, 0.717) is 48.7 Å². The van der Waals surface area contributed by atoms with Gasteiger partial charge < -0.3 is 14.7 Å². The van der Waals surface area contributed by atoms with E-state index in [1.807, 2.05) is 0 Å². The van der Waals surface area contributed by atoms with E-state index in [1.165, 1.54) is 17.0 Å². The minimum atomic E-state index is -0.871. The SMILES string of the molecule is Cc1nn(C)c(C)c1/C(O)=C1\C(=O)C(=O)N(CCCN2CCOCC2)[C@@H]1c1cccc(F)c1. The highest BCUT2D eigenvalue weighted by molar-refractivity contribution is 6.46. The van der Waals surface area contributed by atoms with Crippen LogP contribution in [0, 0.1) is 19.7 Å². The van der Waals surface area contributed by atoms with Crippen LogP contribution >= 0.6 is 0 Å². The molecule has 1 aromatic heterocycles. The molecule has 1 amide bonds. The molecule has 2 saturated heterocycles. The van der Waals surface area contributed by atoms with Gasteiger partial charge in [0.25, 0.3) is 11.7 Å². The van der Waals surface area contributed by atoms with Gasteiger partial charge in [-0.25, -0.2) is 4.39 Å². The Morgan fingerprint density at radius 2 is 1.94 bits per heavy atom. The average molecular weight is 457 g/mol. The minimum absolute atomic E-state index is 0.0313. The van der Waals surface area contributed by atoms with Crippen molar-refractivity contribution < 1.29 is 23.8 Å². The molecule has 1 atom stereocenters. The number of ether oxygens (including phenoxy) is 1. The van der Waals surface area contributed by atoms with E-state index in [4.69, 9.17) is 4.74 Å². The van der Waals surface area contributed by atoms with Crippen LogP contribution in [0.15, 0.2) is 29.8 Å². The van der Waals surface area contributed by atoms with Crippen LogP contribution in [0.25, 0.3) is 5.76 Å². The first-order valence-electron chi connectivity index (χ1n) is 11.1. The molecule has 8 nitrogen and oxygen atoms in total. The van der Waals surface area contributed by atoms with E-state index in [9.17, 15) is 19.1 Å². The number of aryl methyl sites for hydroxylation is 2. The molecule has 2 fully saturated rings. The summed E-state index contributed by atoms with van der Waals surface area (Å²) in [7, 11) is 1.74. The zero-order valence-electron chi connectivity index (χ0n) is 19.2. The fourth-order valence-corrected chi connectivity index (χ4v) is 4.67. The molecule has 1 N–H and O–H groups in total. The molecule has 33 heavy (non-hydrogen) atoms. The molecule has 176 valence electrons. The van der Waals surface area contributed by atoms with Crippen molar-refractivity contribution in [2.24, 2.45) is 7.05 Å². The summed E-state index contributed by atoms with van der Waals surface area (Å²) in [5.41, 5.74) is 2.05. The largest absolute Gasteiger partial charge is 0.507 e. The molecular weight excluding hydrogens is 427 g/mol. The number of aliphatic hydroxyl groups excluding tert-OH is 1. The highest BCUT2D eigenvalue weighted by atomic mass is 19.1. The Morgan fingerprint density at radius 3 is 2.58 bits per heavy atom. The quantitative estimate of drug-likeness (QED) is 0.408. The number of morpholine rings is 1. The van der Waals surface area contributed by atoms with Crippen LogP contribution in [-0.4, -0.2) is 75.8 Å². The Hall–Kier alpha value is -3.04. The first-order chi connectivity index (χ1) is 15.8. The number of halogens is 1. The molecule has 0 radical (unpaired) electrons. The second-order valence-electron chi connectivity index (χ2n) is 8.52. The third kappa shape index (κ3) is 4.43. The Bertz CT molecular complexity index is 1100. The number of benzene rings is 1. The first-order valence-corrected chi connectivity index (χ1v) is 11.1. The summed E-state index contributed by atoms with van der Waals surface area (Å²) in [6, 6.07) is 4.96. The zero-order chi connectivity index (χ0) is 23.7. The summed E-state index contributed by atoms with van der Waals surface area (Å²) < 4.78 is 21.1. The fraction of sp³-hybridized carbons (Fsp3) is 0.458. The summed E-state index contributed by atoms with van der Waals surface area (Å²) in [6.45, 7) is 7.59. The maximum Gasteiger partial charge on any atom is 0.295 e. The van der Waals surface area contributed by atoms with Crippen molar-refractivity contribution >= 4 is 17.4 Å². The van der Waals surface area contributed by atoms with Crippen molar-refractivity contribution in [3.63, 3.8) is 0 Å². The van der Waals surface area contributed by atoms with Crippen LogP contribution in [0.4, 0.5) is 4.39 Å². The molecule has 2 aliphatic rings. The van der Waals surface area contributed by atoms with Gasteiger partial charge in [0.2, 0.25) is 0 Å². The molecule has 0 spiro atoms. The van der Waals surface area contributed by atoms with E-state index < -0.39 is 23.5 Å². The lowest BCUT2D eigenvalue weighted by Crippen LogP contribution is -2.39. The summed E-state index contributed by atoms with van der Waals surface area (Å²) in [6.07, 6.45) is 0.643. The van der Waals surface area contributed by atoms with Crippen molar-refractivity contribution in [1.29, 1.82) is 0 Å². The minimum Gasteiger partial charge on any atom is -0.507 e. The van der Waals surface area contributed by atoms with Gasteiger partial charge in [0.1, 0.15) is 11.6 Å². The molecule has 0 aliphatic carbocycles. The fourth-order valence-electron chi connectivity index (χ4n) is 4.67. The predicted molar refractivity (Wildman–Crippen MR) is 120 cm³/mol. The van der Waals surface area contributed by atoms with Crippen LogP contribution in [0.3, 0.4) is 0 Å².